The molecule has 1 atom stereocenters. The number of ketones is 1. The van der Waals surface area contributed by atoms with Crippen molar-refractivity contribution >= 4 is 29.3 Å². The van der Waals surface area contributed by atoms with E-state index in [1.54, 1.807) is 0 Å². The summed E-state index contributed by atoms with van der Waals surface area (Å²) in [5, 5.41) is 9.32. The molecule has 0 saturated heterocycles. The van der Waals surface area contributed by atoms with Crippen LogP contribution in [0.4, 0.5) is 23.7 Å². The first-order chi connectivity index (χ1) is 17.4. The van der Waals surface area contributed by atoms with Gasteiger partial charge in [-0.25, -0.2) is 4.79 Å². The summed E-state index contributed by atoms with van der Waals surface area (Å²) < 4.78 is 40.1. The van der Waals surface area contributed by atoms with Crippen LogP contribution < -0.4 is 15.8 Å². The van der Waals surface area contributed by atoms with Crippen LogP contribution in [-0.4, -0.2) is 35.6 Å². The maximum atomic E-state index is 13.6. The van der Waals surface area contributed by atoms with E-state index in [4.69, 9.17) is 0 Å². The van der Waals surface area contributed by atoms with Crippen molar-refractivity contribution in [2.75, 3.05) is 11.9 Å². The lowest BCUT2D eigenvalue weighted by Crippen LogP contribution is -2.48. The molecule has 12 heteroatoms. The average Bonchev–Trinajstić information content (AvgIpc) is 3.23. The van der Waals surface area contributed by atoms with Crippen molar-refractivity contribution in [1.82, 2.24) is 15.8 Å². The number of nitrogens with zero attached hydrogens (tertiary/aromatic N) is 3. The van der Waals surface area contributed by atoms with Crippen molar-refractivity contribution in [3.8, 4) is 6.07 Å². The predicted molar refractivity (Wildman–Crippen MR) is 124 cm³/mol. The molecule has 0 radical (unpaired) electrons. The Balaban J connectivity index is 1.87. The molecule has 1 heterocycles. The zero-order valence-corrected chi connectivity index (χ0v) is 19.6. The van der Waals surface area contributed by atoms with Crippen LogP contribution >= 0.6 is 0 Å². The molecule has 0 saturated carbocycles. The first kappa shape index (κ1) is 25.4. The molecule has 4 amide bonds. The lowest BCUT2D eigenvalue weighted by atomic mass is 9.89. The van der Waals surface area contributed by atoms with Crippen molar-refractivity contribution < 1.29 is 32.3 Å². The second-order valence-corrected chi connectivity index (χ2v) is 8.51. The average molecular weight is 511 g/mol. The van der Waals surface area contributed by atoms with Gasteiger partial charge in [-0.2, -0.15) is 18.4 Å². The molecular weight excluding hydrogens is 491 g/mol. The van der Waals surface area contributed by atoms with Gasteiger partial charge in [0.15, 0.2) is 5.78 Å². The molecule has 2 aliphatic rings. The number of urea groups is 1. The number of benzene rings is 2. The van der Waals surface area contributed by atoms with E-state index >= 15 is 0 Å². The first-order valence-electron chi connectivity index (χ1n) is 11.1. The van der Waals surface area contributed by atoms with Crippen LogP contribution in [0.15, 0.2) is 53.7 Å². The van der Waals surface area contributed by atoms with E-state index in [2.05, 4.69) is 10.9 Å². The summed E-state index contributed by atoms with van der Waals surface area (Å²) in [5.74, 6) is -1.66. The number of hydrazine groups is 1. The fourth-order valence-corrected chi connectivity index (χ4v) is 4.51. The second-order valence-electron chi connectivity index (χ2n) is 8.51. The Hall–Kier alpha value is -4.66. The summed E-state index contributed by atoms with van der Waals surface area (Å²) in [5.41, 5.74) is 4.06. The number of carbonyl (C=O) groups excluding carboxylic acids is 4. The highest BCUT2D eigenvalue weighted by atomic mass is 19.4. The largest absolute Gasteiger partial charge is 0.416 e. The van der Waals surface area contributed by atoms with Crippen molar-refractivity contribution in [2.24, 2.45) is 0 Å². The molecule has 1 aliphatic heterocycles. The molecule has 4 rings (SSSR count). The summed E-state index contributed by atoms with van der Waals surface area (Å²) >= 11 is 0. The van der Waals surface area contributed by atoms with Crippen LogP contribution in [0.1, 0.15) is 52.9 Å². The molecule has 0 bridgehead atoms. The standard InChI is InChI=1S/C25H20F3N5O4/c1-13(34)30-31-23(36)18-10-14(12-29)6-7-17(18)22-21-19(8-9-20(21)35)33(24(37)32(22)2)16-5-3-4-15(11-16)25(26,27)28/h3-7,10-11,22H,8-9H2,1-2H3,(H,30,34)(H,31,36). The smallest absolute Gasteiger partial charge is 0.316 e. The van der Waals surface area contributed by atoms with Gasteiger partial charge in [0.25, 0.3) is 5.91 Å². The minimum absolute atomic E-state index is 0.0292. The second kappa shape index (κ2) is 9.42. The van der Waals surface area contributed by atoms with Crippen molar-refractivity contribution in [3.05, 3.63) is 76.0 Å². The Morgan fingerprint density at radius 1 is 1.08 bits per heavy atom. The topological polar surface area (TPSA) is 123 Å². The fraction of sp³-hybridized carbons (Fsp3) is 0.240. The van der Waals surface area contributed by atoms with E-state index in [1.165, 1.54) is 49.2 Å². The highest BCUT2D eigenvalue weighted by Crippen LogP contribution is 2.45. The van der Waals surface area contributed by atoms with E-state index in [-0.39, 0.29) is 52.3 Å². The van der Waals surface area contributed by atoms with Crippen LogP contribution in [0.2, 0.25) is 0 Å². The number of anilines is 1. The van der Waals surface area contributed by atoms with Gasteiger partial charge in [0.2, 0.25) is 5.91 Å². The molecule has 0 aromatic heterocycles. The number of carbonyl (C=O) groups is 4. The highest BCUT2D eigenvalue weighted by molar-refractivity contribution is 6.09. The van der Waals surface area contributed by atoms with E-state index in [0.29, 0.717) is 0 Å². The number of nitrogens with one attached hydrogen (secondary N) is 2. The lowest BCUT2D eigenvalue weighted by molar-refractivity contribution is -0.137. The summed E-state index contributed by atoms with van der Waals surface area (Å²) in [6, 6.07) is 8.54. The van der Waals surface area contributed by atoms with Crippen LogP contribution in [0.3, 0.4) is 0 Å². The summed E-state index contributed by atoms with van der Waals surface area (Å²) in [6.07, 6.45) is -4.49. The van der Waals surface area contributed by atoms with Crippen molar-refractivity contribution in [3.63, 3.8) is 0 Å². The van der Waals surface area contributed by atoms with Gasteiger partial charge < -0.3 is 4.90 Å². The van der Waals surface area contributed by atoms with Gasteiger partial charge in [-0.15, -0.1) is 0 Å². The van der Waals surface area contributed by atoms with E-state index in [9.17, 15) is 37.6 Å². The van der Waals surface area contributed by atoms with E-state index < -0.39 is 35.6 Å². The summed E-state index contributed by atoms with van der Waals surface area (Å²) in [4.78, 5) is 53.0. The van der Waals surface area contributed by atoms with Gasteiger partial charge in [0, 0.05) is 37.2 Å². The number of rotatable bonds is 3. The van der Waals surface area contributed by atoms with Gasteiger partial charge in [-0.1, -0.05) is 12.1 Å². The van der Waals surface area contributed by atoms with Gasteiger partial charge in [0.1, 0.15) is 0 Å². The van der Waals surface area contributed by atoms with E-state index in [1.807, 2.05) is 6.07 Å². The van der Waals surface area contributed by atoms with Gasteiger partial charge in [-0.3, -0.25) is 30.1 Å². The number of likely N-dealkylation sites (N-methyl/N-ethyl adjacent to an activating group) is 1. The molecule has 0 spiro atoms. The summed E-state index contributed by atoms with van der Waals surface area (Å²) in [7, 11) is 1.37. The minimum Gasteiger partial charge on any atom is -0.316 e. The molecule has 1 unspecified atom stereocenters. The Kier molecular flexibility index (Phi) is 6.48. The Morgan fingerprint density at radius 2 is 1.81 bits per heavy atom. The SMILES string of the molecule is CC(=O)NNC(=O)c1cc(C#N)ccc1C1C2=C(CCC2=O)N(c2cccc(C(F)(F)F)c2)C(=O)N1C. The number of halogens is 3. The molecule has 2 N–H and O–H groups in total. The zero-order chi connectivity index (χ0) is 27.1. The molecule has 2 aromatic carbocycles. The number of hydrogen-bond acceptors (Lipinski definition) is 5. The van der Waals surface area contributed by atoms with Gasteiger partial charge >= 0.3 is 12.2 Å². The predicted octanol–water partition coefficient (Wildman–Crippen LogP) is 3.59. The molecule has 190 valence electrons. The molecule has 9 nitrogen and oxygen atoms in total. The third-order valence-corrected chi connectivity index (χ3v) is 6.13. The van der Waals surface area contributed by atoms with Gasteiger partial charge in [-0.05, 0) is 42.3 Å². The number of alkyl halides is 3. The van der Waals surface area contributed by atoms with Crippen LogP contribution in [0, 0.1) is 11.3 Å². The van der Waals surface area contributed by atoms with Crippen LogP contribution in [-0.2, 0) is 15.8 Å². The van der Waals surface area contributed by atoms with E-state index in [0.717, 1.165) is 17.0 Å². The third kappa shape index (κ3) is 4.63. The Bertz CT molecular complexity index is 1410. The maximum Gasteiger partial charge on any atom is 0.416 e. The summed E-state index contributed by atoms with van der Waals surface area (Å²) in [6.45, 7) is 1.18. The first-order valence-corrected chi connectivity index (χ1v) is 11.1. The van der Waals surface area contributed by atoms with Gasteiger partial charge in [0.05, 0.1) is 28.9 Å². The number of Topliss-reactive ketones (excluding diaryl/α,β-unsaturated/α-hetero) is 1. The third-order valence-electron chi connectivity index (χ3n) is 6.13. The number of nitriles is 1. The van der Waals surface area contributed by atoms with Crippen molar-refractivity contribution in [2.45, 2.75) is 32.0 Å². The lowest BCUT2D eigenvalue weighted by Gasteiger charge is -2.41. The molecule has 37 heavy (non-hydrogen) atoms. The van der Waals surface area contributed by atoms with Crippen molar-refractivity contribution in [1.29, 1.82) is 5.26 Å². The van der Waals surface area contributed by atoms with Crippen LogP contribution in [0.25, 0.3) is 0 Å². The molecule has 0 fully saturated rings. The van der Waals surface area contributed by atoms with Crippen LogP contribution in [0.5, 0.6) is 0 Å². The normalized spacial score (nSPS) is 17.5. The highest BCUT2D eigenvalue weighted by Gasteiger charge is 2.45. The molecule has 2 aromatic rings. The monoisotopic (exact) mass is 511 g/mol. The Morgan fingerprint density at radius 3 is 2.46 bits per heavy atom. The maximum absolute atomic E-state index is 13.6. The number of hydrogen-bond donors (Lipinski definition) is 2. The molecule has 1 aliphatic carbocycles. The minimum atomic E-state index is -4.63. The quantitative estimate of drug-likeness (QED) is 0.610. The Labute approximate surface area is 209 Å². The molecular formula is C25H20F3N5O4. The zero-order valence-electron chi connectivity index (χ0n) is 19.6. The number of amides is 4. The fourth-order valence-electron chi connectivity index (χ4n) is 4.51. The number of allylic oxidation sites excluding steroid dienone is 1.